The Kier molecular flexibility index (Phi) is 3.07. The number of aliphatic hydroxyl groups is 1. The van der Waals surface area contributed by atoms with E-state index in [1.807, 2.05) is 18.2 Å². The second kappa shape index (κ2) is 4.33. The summed E-state index contributed by atoms with van der Waals surface area (Å²) in [5.41, 5.74) is 2.03. The van der Waals surface area contributed by atoms with Crippen molar-refractivity contribution in [1.29, 1.82) is 0 Å². The Labute approximate surface area is 96.8 Å². The van der Waals surface area contributed by atoms with Crippen molar-refractivity contribution in [3.05, 3.63) is 28.2 Å². The summed E-state index contributed by atoms with van der Waals surface area (Å²) < 4.78 is 0.948. The summed E-state index contributed by atoms with van der Waals surface area (Å²) in [5.74, 6) is 0.116. The molecule has 0 radical (unpaired) electrons. The number of nitrogens with zero attached hydrogens (tertiary/aromatic N) is 1. The lowest BCUT2D eigenvalue weighted by Gasteiger charge is -2.17. The van der Waals surface area contributed by atoms with Gasteiger partial charge in [0, 0.05) is 17.6 Å². The molecule has 0 saturated heterocycles. The molecule has 1 aromatic carbocycles. The maximum Gasteiger partial charge on any atom is 0.231 e. The number of benzene rings is 1. The van der Waals surface area contributed by atoms with E-state index in [1.165, 1.54) is 0 Å². The lowest BCUT2D eigenvalue weighted by Crippen LogP contribution is -2.28. The molecule has 15 heavy (non-hydrogen) atoms. The van der Waals surface area contributed by atoms with Gasteiger partial charge in [-0.2, -0.15) is 0 Å². The van der Waals surface area contributed by atoms with E-state index in [4.69, 9.17) is 5.11 Å². The van der Waals surface area contributed by atoms with Crippen molar-refractivity contribution in [2.45, 2.75) is 12.8 Å². The Morgan fingerprint density at radius 1 is 1.47 bits per heavy atom. The van der Waals surface area contributed by atoms with Crippen molar-refractivity contribution in [2.24, 2.45) is 0 Å². The summed E-state index contributed by atoms with van der Waals surface area (Å²) in [6, 6.07) is 5.84. The summed E-state index contributed by atoms with van der Waals surface area (Å²) in [6.45, 7) is 0.703. The summed E-state index contributed by atoms with van der Waals surface area (Å²) in [4.78, 5) is 13.5. The fraction of sp³-hybridized carbons (Fsp3) is 0.364. The van der Waals surface area contributed by atoms with Gasteiger partial charge in [-0.3, -0.25) is 4.79 Å². The zero-order valence-electron chi connectivity index (χ0n) is 8.24. The molecule has 1 heterocycles. The van der Waals surface area contributed by atoms with E-state index in [1.54, 1.807) is 4.90 Å². The smallest absolute Gasteiger partial charge is 0.231 e. The minimum Gasteiger partial charge on any atom is -0.396 e. The lowest BCUT2D eigenvalue weighted by molar-refractivity contribution is -0.117. The first kappa shape index (κ1) is 10.6. The van der Waals surface area contributed by atoms with Gasteiger partial charge in [0.15, 0.2) is 0 Å². The van der Waals surface area contributed by atoms with Gasteiger partial charge in [0.25, 0.3) is 0 Å². The van der Waals surface area contributed by atoms with Crippen molar-refractivity contribution in [3.8, 4) is 0 Å². The molecule has 0 aliphatic carbocycles. The number of aliphatic hydroxyl groups excluding tert-OH is 1. The van der Waals surface area contributed by atoms with Crippen LogP contribution in [-0.2, 0) is 11.2 Å². The first-order chi connectivity index (χ1) is 7.24. The molecule has 0 aromatic heterocycles. The van der Waals surface area contributed by atoms with Crippen LogP contribution in [0.5, 0.6) is 0 Å². The highest BCUT2D eigenvalue weighted by Gasteiger charge is 2.28. The zero-order valence-corrected chi connectivity index (χ0v) is 9.83. The maximum absolute atomic E-state index is 11.7. The molecule has 0 spiro atoms. The van der Waals surface area contributed by atoms with E-state index in [-0.39, 0.29) is 12.5 Å². The predicted molar refractivity (Wildman–Crippen MR) is 61.9 cm³/mol. The third-order valence-electron chi connectivity index (χ3n) is 2.52. The normalized spacial score (nSPS) is 14.5. The van der Waals surface area contributed by atoms with Crippen LogP contribution in [0, 0.1) is 0 Å². The monoisotopic (exact) mass is 269 g/mol. The molecule has 80 valence electrons. The van der Waals surface area contributed by atoms with Gasteiger partial charge in [-0.15, -0.1) is 0 Å². The quantitative estimate of drug-likeness (QED) is 0.908. The molecular formula is C11H12BrNO2. The third-order valence-corrected chi connectivity index (χ3v) is 3.16. The van der Waals surface area contributed by atoms with Gasteiger partial charge in [0.1, 0.15) is 0 Å². The number of amides is 1. The van der Waals surface area contributed by atoms with Crippen LogP contribution in [0.2, 0.25) is 0 Å². The fourth-order valence-electron chi connectivity index (χ4n) is 1.85. The highest BCUT2D eigenvalue weighted by molar-refractivity contribution is 9.10. The van der Waals surface area contributed by atoms with Gasteiger partial charge in [-0.1, -0.05) is 12.1 Å². The van der Waals surface area contributed by atoms with Crippen molar-refractivity contribution in [3.63, 3.8) is 0 Å². The van der Waals surface area contributed by atoms with Crippen molar-refractivity contribution in [2.75, 3.05) is 18.1 Å². The van der Waals surface area contributed by atoms with Gasteiger partial charge in [-0.05, 0) is 34.0 Å². The number of anilines is 1. The van der Waals surface area contributed by atoms with Crippen LogP contribution in [0.15, 0.2) is 22.7 Å². The van der Waals surface area contributed by atoms with Crippen molar-refractivity contribution < 1.29 is 9.90 Å². The molecule has 3 nitrogen and oxygen atoms in total. The summed E-state index contributed by atoms with van der Waals surface area (Å²) in [6.07, 6.45) is 1.09. The first-order valence-corrected chi connectivity index (χ1v) is 5.72. The molecular weight excluding hydrogens is 258 g/mol. The first-order valence-electron chi connectivity index (χ1n) is 4.92. The van der Waals surface area contributed by atoms with E-state index in [0.29, 0.717) is 19.4 Å². The standard InChI is InChI=1S/C11H12BrNO2/c12-9-4-1-3-8-7-10(15)13(11(8)9)5-2-6-14/h1,3-4,14H,2,5-7H2. The Balaban J connectivity index is 2.31. The lowest BCUT2D eigenvalue weighted by atomic mass is 10.2. The molecule has 0 bridgehead atoms. The third kappa shape index (κ3) is 1.92. The molecule has 0 fully saturated rings. The number of fused-ring (bicyclic) bond motifs is 1. The molecule has 2 rings (SSSR count). The Bertz CT molecular complexity index is 392. The minimum absolute atomic E-state index is 0.115. The summed E-state index contributed by atoms with van der Waals surface area (Å²) in [5, 5.41) is 8.78. The van der Waals surface area contributed by atoms with Gasteiger partial charge in [0.05, 0.1) is 12.1 Å². The van der Waals surface area contributed by atoms with E-state index in [0.717, 1.165) is 15.7 Å². The second-order valence-corrected chi connectivity index (χ2v) is 4.40. The molecule has 1 aliphatic heterocycles. The number of carbonyl (C=O) groups is 1. The van der Waals surface area contributed by atoms with E-state index in [9.17, 15) is 4.79 Å². The molecule has 1 aromatic rings. The molecule has 1 aliphatic rings. The molecule has 4 heteroatoms. The number of halogens is 1. The highest BCUT2D eigenvalue weighted by Crippen LogP contribution is 2.35. The van der Waals surface area contributed by atoms with Crippen LogP contribution in [-0.4, -0.2) is 24.2 Å². The van der Waals surface area contributed by atoms with Crippen LogP contribution in [0.1, 0.15) is 12.0 Å². The maximum atomic E-state index is 11.7. The molecule has 1 N–H and O–H groups in total. The second-order valence-electron chi connectivity index (χ2n) is 3.55. The summed E-state index contributed by atoms with van der Waals surface area (Å²) >= 11 is 3.45. The van der Waals surface area contributed by atoms with Crippen LogP contribution in [0.25, 0.3) is 0 Å². The van der Waals surface area contributed by atoms with Gasteiger partial charge < -0.3 is 10.0 Å². The van der Waals surface area contributed by atoms with E-state index < -0.39 is 0 Å². The van der Waals surface area contributed by atoms with Gasteiger partial charge in [-0.25, -0.2) is 0 Å². The van der Waals surface area contributed by atoms with E-state index in [2.05, 4.69) is 15.9 Å². The number of hydrogen-bond acceptors (Lipinski definition) is 2. The highest BCUT2D eigenvalue weighted by atomic mass is 79.9. The molecule has 0 atom stereocenters. The zero-order chi connectivity index (χ0) is 10.8. The topological polar surface area (TPSA) is 40.5 Å². The minimum atomic E-state index is 0.115. The molecule has 0 saturated carbocycles. The number of carbonyl (C=O) groups excluding carboxylic acids is 1. The predicted octanol–water partition coefficient (Wildman–Crippen LogP) is 1.72. The largest absolute Gasteiger partial charge is 0.396 e. The summed E-state index contributed by atoms with van der Waals surface area (Å²) in [7, 11) is 0. The van der Waals surface area contributed by atoms with Crippen molar-refractivity contribution in [1.82, 2.24) is 0 Å². The van der Waals surface area contributed by atoms with Crippen LogP contribution >= 0.6 is 15.9 Å². The Hall–Kier alpha value is -0.870. The Morgan fingerprint density at radius 2 is 2.27 bits per heavy atom. The van der Waals surface area contributed by atoms with Gasteiger partial charge in [0.2, 0.25) is 5.91 Å². The van der Waals surface area contributed by atoms with Crippen molar-refractivity contribution >= 4 is 27.5 Å². The average molecular weight is 270 g/mol. The van der Waals surface area contributed by atoms with Crippen LogP contribution < -0.4 is 4.90 Å². The SMILES string of the molecule is O=C1Cc2cccc(Br)c2N1CCCO. The van der Waals surface area contributed by atoms with Crippen LogP contribution in [0.4, 0.5) is 5.69 Å². The Morgan fingerprint density at radius 3 is 3.00 bits per heavy atom. The van der Waals surface area contributed by atoms with Crippen LogP contribution in [0.3, 0.4) is 0 Å². The fourth-order valence-corrected chi connectivity index (χ4v) is 2.47. The average Bonchev–Trinajstić information content (AvgIpc) is 2.53. The number of hydrogen-bond donors (Lipinski definition) is 1. The number of para-hydroxylation sites is 1. The molecule has 0 unspecified atom stereocenters. The van der Waals surface area contributed by atoms with Gasteiger partial charge >= 0.3 is 0 Å². The van der Waals surface area contributed by atoms with E-state index >= 15 is 0 Å². The number of rotatable bonds is 3. The molecule has 1 amide bonds.